The monoisotopic (exact) mass is 250 g/mol. The number of rotatable bonds is 3. The third-order valence-corrected chi connectivity index (χ3v) is 3.26. The largest absolute Gasteiger partial charge is 0.480 e. The number of ether oxygens (including phenoxy) is 1. The molecule has 1 saturated heterocycles. The van der Waals surface area contributed by atoms with Gasteiger partial charge in [0.15, 0.2) is 0 Å². The minimum absolute atomic E-state index is 0.0712. The van der Waals surface area contributed by atoms with E-state index in [1.165, 1.54) is 7.11 Å². The average Bonchev–Trinajstić information content (AvgIpc) is 2.46. The number of piperidine rings is 1. The van der Waals surface area contributed by atoms with E-state index in [0.29, 0.717) is 18.0 Å². The Balaban J connectivity index is 2.15. The molecule has 1 aliphatic rings. The van der Waals surface area contributed by atoms with Gasteiger partial charge in [-0.25, -0.2) is 4.98 Å². The number of methoxy groups -OCH3 is 1. The van der Waals surface area contributed by atoms with Gasteiger partial charge in [0.25, 0.3) is 5.91 Å². The molecule has 0 aromatic carbocycles. The number of carbonyl (C=O) groups is 1. The van der Waals surface area contributed by atoms with Gasteiger partial charge in [-0.15, -0.1) is 0 Å². The van der Waals surface area contributed by atoms with Gasteiger partial charge in [-0.2, -0.15) is 0 Å². The van der Waals surface area contributed by atoms with E-state index in [0.717, 1.165) is 19.4 Å². The molecule has 5 nitrogen and oxygen atoms in total. The smallest absolute Gasteiger partial charge is 0.259 e. The van der Waals surface area contributed by atoms with E-state index in [4.69, 9.17) is 4.74 Å². The molecule has 0 bridgehead atoms. The van der Waals surface area contributed by atoms with Gasteiger partial charge in [0.1, 0.15) is 5.56 Å². The fourth-order valence-corrected chi connectivity index (χ4v) is 2.29. The minimum atomic E-state index is -0.0712. The van der Waals surface area contributed by atoms with Crippen LogP contribution in [0.1, 0.15) is 23.2 Å². The van der Waals surface area contributed by atoms with Gasteiger partial charge in [-0.1, -0.05) is 0 Å². The first-order valence-electron chi connectivity index (χ1n) is 6.15. The zero-order chi connectivity index (χ0) is 13.0. The van der Waals surface area contributed by atoms with Crippen molar-refractivity contribution in [2.75, 3.05) is 26.8 Å². The molecule has 1 aromatic heterocycles. The van der Waals surface area contributed by atoms with Crippen molar-refractivity contribution in [3.63, 3.8) is 0 Å². The predicted octanol–water partition coefficient (Wildman–Crippen LogP) is 0.935. The van der Waals surface area contributed by atoms with Crippen molar-refractivity contribution >= 4 is 5.91 Å². The van der Waals surface area contributed by atoms with Crippen molar-refractivity contribution in [3.05, 3.63) is 23.9 Å². The lowest BCUT2D eigenvalue weighted by molar-refractivity contribution is 0.0617. The van der Waals surface area contributed by atoms with Gasteiger partial charge in [-0.3, -0.25) is 4.79 Å². The topological polar surface area (TPSA) is 62.7 Å². The maximum atomic E-state index is 12.4. The molecule has 2 heterocycles. The van der Waals surface area contributed by atoms with Crippen LogP contribution in [0.3, 0.4) is 0 Å². The maximum Gasteiger partial charge on any atom is 0.259 e. The summed E-state index contributed by atoms with van der Waals surface area (Å²) in [5.74, 6) is 0.470. The minimum Gasteiger partial charge on any atom is -0.480 e. The summed E-state index contributed by atoms with van der Waals surface area (Å²) >= 11 is 0. The maximum absolute atomic E-state index is 12.4. The van der Waals surface area contributed by atoms with Crippen LogP contribution >= 0.6 is 0 Å². The van der Waals surface area contributed by atoms with Crippen LogP contribution in [-0.2, 0) is 0 Å². The quantitative estimate of drug-likeness (QED) is 0.867. The van der Waals surface area contributed by atoms with Gasteiger partial charge >= 0.3 is 0 Å². The van der Waals surface area contributed by atoms with Gasteiger partial charge in [-0.05, 0) is 30.9 Å². The Morgan fingerprint density at radius 3 is 3.22 bits per heavy atom. The molecule has 1 aromatic rings. The van der Waals surface area contributed by atoms with Crippen molar-refractivity contribution in [1.29, 1.82) is 0 Å². The first-order valence-corrected chi connectivity index (χ1v) is 6.15. The number of hydrogen-bond donors (Lipinski definition) is 1. The summed E-state index contributed by atoms with van der Waals surface area (Å²) in [7, 11) is 1.51. The first kappa shape index (κ1) is 12.8. The van der Waals surface area contributed by atoms with Crippen LogP contribution in [-0.4, -0.2) is 47.7 Å². The second-order valence-electron chi connectivity index (χ2n) is 4.50. The van der Waals surface area contributed by atoms with Crippen LogP contribution in [0.15, 0.2) is 18.3 Å². The third-order valence-electron chi connectivity index (χ3n) is 3.26. The number of aliphatic hydroxyl groups excluding tert-OH is 1. The van der Waals surface area contributed by atoms with E-state index < -0.39 is 0 Å². The highest BCUT2D eigenvalue weighted by molar-refractivity contribution is 5.96. The third kappa shape index (κ3) is 2.61. The van der Waals surface area contributed by atoms with E-state index in [9.17, 15) is 9.90 Å². The van der Waals surface area contributed by atoms with Crippen LogP contribution in [0.2, 0.25) is 0 Å². The summed E-state index contributed by atoms with van der Waals surface area (Å²) in [4.78, 5) is 18.2. The number of amides is 1. The fourth-order valence-electron chi connectivity index (χ4n) is 2.29. The standard InChI is InChI=1S/C13H18N2O3/c1-18-12-11(5-2-6-14-12)13(17)15-7-3-4-10(8-15)9-16/h2,5-6,10,16H,3-4,7-9H2,1H3. The average molecular weight is 250 g/mol. The van der Waals surface area contributed by atoms with Crippen LogP contribution < -0.4 is 4.74 Å². The van der Waals surface area contributed by atoms with E-state index in [1.807, 2.05) is 0 Å². The molecule has 2 rings (SSSR count). The van der Waals surface area contributed by atoms with E-state index in [2.05, 4.69) is 4.98 Å². The molecular formula is C13H18N2O3. The number of aromatic nitrogens is 1. The second kappa shape index (κ2) is 5.82. The molecule has 1 unspecified atom stereocenters. The first-order chi connectivity index (χ1) is 8.76. The number of carbonyl (C=O) groups excluding carboxylic acids is 1. The van der Waals surface area contributed by atoms with Crippen LogP contribution in [0.4, 0.5) is 0 Å². The molecule has 0 spiro atoms. The molecule has 1 aliphatic heterocycles. The molecule has 1 N–H and O–H groups in total. The normalized spacial score (nSPS) is 19.7. The van der Waals surface area contributed by atoms with Crippen LogP contribution in [0, 0.1) is 5.92 Å². The number of likely N-dealkylation sites (tertiary alicyclic amines) is 1. The Labute approximate surface area is 106 Å². The van der Waals surface area contributed by atoms with Crippen LogP contribution in [0.5, 0.6) is 5.88 Å². The zero-order valence-corrected chi connectivity index (χ0v) is 10.5. The molecule has 0 aliphatic carbocycles. The van der Waals surface area contributed by atoms with Gasteiger partial charge in [0.05, 0.1) is 7.11 Å². The molecule has 1 atom stereocenters. The van der Waals surface area contributed by atoms with Crippen LogP contribution in [0.25, 0.3) is 0 Å². The van der Waals surface area contributed by atoms with E-state index in [1.54, 1.807) is 23.2 Å². The molecule has 0 saturated carbocycles. The lowest BCUT2D eigenvalue weighted by Crippen LogP contribution is -2.41. The molecule has 5 heteroatoms. The predicted molar refractivity (Wildman–Crippen MR) is 66.5 cm³/mol. The molecule has 1 amide bonds. The van der Waals surface area contributed by atoms with Crippen molar-refractivity contribution in [1.82, 2.24) is 9.88 Å². The number of aliphatic hydroxyl groups is 1. The molecule has 98 valence electrons. The highest BCUT2D eigenvalue weighted by Crippen LogP contribution is 2.21. The van der Waals surface area contributed by atoms with Gasteiger partial charge in [0, 0.05) is 25.9 Å². The second-order valence-corrected chi connectivity index (χ2v) is 4.50. The fraction of sp³-hybridized carbons (Fsp3) is 0.538. The van der Waals surface area contributed by atoms with Gasteiger partial charge in [0.2, 0.25) is 5.88 Å². The summed E-state index contributed by atoms with van der Waals surface area (Å²) in [6.07, 6.45) is 3.51. The summed E-state index contributed by atoms with van der Waals surface area (Å²) in [6.45, 7) is 1.47. The van der Waals surface area contributed by atoms with Crippen molar-refractivity contribution in [3.8, 4) is 5.88 Å². The van der Waals surface area contributed by atoms with Crippen molar-refractivity contribution in [2.45, 2.75) is 12.8 Å². The molecule has 18 heavy (non-hydrogen) atoms. The zero-order valence-electron chi connectivity index (χ0n) is 10.5. The molecular weight excluding hydrogens is 232 g/mol. The Kier molecular flexibility index (Phi) is 4.15. The lowest BCUT2D eigenvalue weighted by atomic mass is 9.98. The SMILES string of the molecule is COc1ncccc1C(=O)N1CCCC(CO)C1. The number of hydrogen-bond acceptors (Lipinski definition) is 4. The van der Waals surface area contributed by atoms with E-state index in [-0.39, 0.29) is 18.4 Å². The summed E-state index contributed by atoms with van der Waals surface area (Å²) in [5.41, 5.74) is 0.485. The van der Waals surface area contributed by atoms with Crippen molar-refractivity contribution < 1.29 is 14.6 Å². The van der Waals surface area contributed by atoms with E-state index >= 15 is 0 Å². The number of nitrogens with zero attached hydrogens (tertiary/aromatic N) is 2. The lowest BCUT2D eigenvalue weighted by Gasteiger charge is -2.32. The Morgan fingerprint density at radius 1 is 1.67 bits per heavy atom. The molecule has 1 fully saturated rings. The summed E-state index contributed by atoms with van der Waals surface area (Å²) in [5, 5.41) is 9.19. The number of pyridine rings is 1. The Morgan fingerprint density at radius 2 is 2.50 bits per heavy atom. The van der Waals surface area contributed by atoms with Crippen molar-refractivity contribution in [2.24, 2.45) is 5.92 Å². The highest BCUT2D eigenvalue weighted by Gasteiger charge is 2.25. The Hall–Kier alpha value is -1.62. The summed E-state index contributed by atoms with van der Waals surface area (Å²) in [6, 6.07) is 3.44. The Bertz CT molecular complexity index is 422. The highest BCUT2D eigenvalue weighted by atomic mass is 16.5. The van der Waals surface area contributed by atoms with Gasteiger partial charge < -0.3 is 14.7 Å². The summed E-state index contributed by atoms with van der Waals surface area (Å²) < 4.78 is 5.10. The molecule has 0 radical (unpaired) electrons.